The zero-order valence-electron chi connectivity index (χ0n) is 12.7. The Morgan fingerprint density at radius 1 is 1.43 bits per heavy atom. The maximum absolute atomic E-state index is 12.6. The molecule has 0 aromatic carbocycles. The van der Waals surface area contributed by atoms with Crippen molar-refractivity contribution in [3.63, 3.8) is 0 Å². The van der Waals surface area contributed by atoms with Gasteiger partial charge in [-0.25, -0.2) is 0 Å². The van der Waals surface area contributed by atoms with E-state index in [0.717, 1.165) is 43.0 Å². The SMILES string of the molecule is CCOCc1nnc2n1CCN(C(=O)C1=CCCC1)C2C. The van der Waals surface area contributed by atoms with Crippen molar-refractivity contribution in [1.82, 2.24) is 19.7 Å². The molecule has 1 atom stereocenters. The minimum atomic E-state index is -0.0318. The highest BCUT2D eigenvalue weighted by Crippen LogP contribution is 2.28. The van der Waals surface area contributed by atoms with E-state index in [4.69, 9.17) is 4.74 Å². The first-order chi connectivity index (χ1) is 10.2. The van der Waals surface area contributed by atoms with E-state index in [9.17, 15) is 4.79 Å². The molecule has 0 bridgehead atoms. The fourth-order valence-electron chi connectivity index (χ4n) is 3.07. The van der Waals surface area contributed by atoms with Gasteiger partial charge in [-0.3, -0.25) is 4.79 Å². The summed E-state index contributed by atoms with van der Waals surface area (Å²) in [4.78, 5) is 14.5. The molecule has 21 heavy (non-hydrogen) atoms. The summed E-state index contributed by atoms with van der Waals surface area (Å²) in [5, 5.41) is 8.48. The number of nitrogens with zero attached hydrogens (tertiary/aromatic N) is 4. The molecular formula is C15H22N4O2. The van der Waals surface area contributed by atoms with Gasteiger partial charge in [-0.1, -0.05) is 6.08 Å². The van der Waals surface area contributed by atoms with Crippen LogP contribution in [0.15, 0.2) is 11.6 Å². The van der Waals surface area contributed by atoms with Gasteiger partial charge >= 0.3 is 0 Å². The Morgan fingerprint density at radius 2 is 2.29 bits per heavy atom. The topological polar surface area (TPSA) is 60.3 Å². The van der Waals surface area contributed by atoms with Crippen molar-refractivity contribution in [1.29, 1.82) is 0 Å². The van der Waals surface area contributed by atoms with Crippen molar-refractivity contribution >= 4 is 5.91 Å². The summed E-state index contributed by atoms with van der Waals surface area (Å²) in [6, 6.07) is -0.0318. The highest BCUT2D eigenvalue weighted by molar-refractivity contribution is 5.94. The molecule has 3 rings (SSSR count). The third kappa shape index (κ3) is 2.60. The van der Waals surface area contributed by atoms with E-state index in [1.165, 1.54) is 0 Å². The number of hydrogen-bond donors (Lipinski definition) is 0. The number of carbonyl (C=O) groups is 1. The van der Waals surface area contributed by atoms with Crippen LogP contribution in [-0.4, -0.2) is 38.7 Å². The van der Waals surface area contributed by atoms with E-state index in [1.807, 2.05) is 18.7 Å². The van der Waals surface area contributed by atoms with Gasteiger partial charge in [0.05, 0.1) is 6.04 Å². The molecule has 2 heterocycles. The minimum Gasteiger partial charge on any atom is -0.374 e. The number of allylic oxidation sites excluding steroid dienone is 1. The average Bonchev–Trinajstić information content (AvgIpc) is 3.15. The lowest BCUT2D eigenvalue weighted by atomic mass is 10.1. The van der Waals surface area contributed by atoms with Crippen LogP contribution < -0.4 is 0 Å². The van der Waals surface area contributed by atoms with E-state index in [0.29, 0.717) is 19.8 Å². The summed E-state index contributed by atoms with van der Waals surface area (Å²) in [6.45, 7) is 6.59. The molecule has 1 amide bonds. The molecule has 114 valence electrons. The van der Waals surface area contributed by atoms with Crippen LogP contribution in [0.4, 0.5) is 0 Å². The molecule has 2 aliphatic rings. The normalized spacial score (nSPS) is 21.3. The molecule has 1 aliphatic carbocycles. The maximum atomic E-state index is 12.6. The van der Waals surface area contributed by atoms with Crippen molar-refractivity contribution in [2.45, 2.75) is 52.3 Å². The Morgan fingerprint density at radius 3 is 3.00 bits per heavy atom. The highest BCUT2D eigenvalue weighted by atomic mass is 16.5. The lowest BCUT2D eigenvalue weighted by molar-refractivity contribution is -0.130. The monoisotopic (exact) mass is 290 g/mol. The second kappa shape index (κ2) is 5.97. The number of aromatic nitrogens is 3. The van der Waals surface area contributed by atoms with Gasteiger partial charge in [-0.2, -0.15) is 0 Å². The van der Waals surface area contributed by atoms with E-state index in [-0.39, 0.29) is 11.9 Å². The fraction of sp³-hybridized carbons (Fsp3) is 0.667. The summed E-state index contributed by atoms with van der Waals surface area (Å²) in [7, 11) is 0. The largest absolute Gasteiger partial charge is 0.374 e. The summed E-state index contributed by atoms with van der Waals surface area (Å²) in [5.41, 5.74) is 0.962. The molecule has 6 nitrogen and oxygen atoms in total. The number of carbonyl (C=O) groups excluding carboxylic acids is 1. The Labute approximate surface area is 124 Å². The van der Waals surface area contributed by atoms with E-state index < -0.39 is 0 Å². The first-order valence-electron chi connectivity index (χ1n) is 7.72. The van der Waals surface area contributed by atoms with Crippen LogP contribution in [0.2, 0.25) is 0 Å². The number of rotatable bonds is 4. The molecule has 6 heteroatoms. The molecule has 1 aliphatic heterocycles. The Kier molecular flexibility index (Phi) is 4.05. The molecule has 0 radical (unpaired) electrons. The number of fused-ring (bicyclic) bond motifs is 1. The maximum Gasteiger partial charge on any atom is 0.250 e. The van der Waals surface area contributed by atoms with Gasteiger partial charge in [0.25, 0.3) is 0 Å². The van der Waals surface area contributed by atoms with Gasteiger partial charge in [-0.15, -0.1) is 10.2 Å². The van der Waals surface area contributed by atoms with Gasteiger partial charge in [0.2, 0.25) is 5.91 Å². The molecular weight excluding hydrogens is 268 g/mol. The van der Waals surface area contributed by atoms with Crippen LogP contribution in [0, 0.1) is 0 Å². The summed E-state index contributed by atoms with van der Waals surface area (Å²) < 4.78 is 7.51. The van der Waals surface area contributed by atoms with Gasteiger partial charge in [0.15, 0.2) is 11.6 Å². The number of ether oxygens (including phenoxy) is 1. The van der Waals surface area contributed by atoms with Crippen molar-refractivity contribution in [2.75, 3.05) is 13.2 Å². The van der Waals surface area contributed by atoms with Crippen molar-refractivity contribution in [2.24, 2.45) is 0 Å². The highest BCUT2D eigenvalue weighted by Gasteiger charge is 2.32. The van der Waals surface area contributed by atoms with E-state index in [1.54, 1.807) is 0 Å². The minimum absolute atomic E-state index is 0.0318. The standard InChI is InChI=1S/C15H22N4O2/c1-3-21-10-13-16-17-14-11(2)18(8-9-19(13)14)15(20)12-6-4-5-7-12/h6,11H,3-5,7-10H2,1-2H3. The quantitative estimate of drug-likeness (QED) is 0.849. The fourth-order valence-corrected chi connectivity index (χ4v) is 3.07. The Bertz CT molecular complexity index is 564. The van der Waals surface area contributed by atoms with E-state index >= 15 is 0 Å². The predicted octanol–water partition coefficient (Wildman–Crippen LogP) is 1.83. The van der Waals surface area contributed by atoms with Crippen LogP contribution in [0.25, 0.3) is 0 Å². The zero-order valence-corrected chi connectivity index (χ0v) is 12.7. The molecule has 0 spiro atoms. The predicted molar refractivity (Wildman–Crippen MR) is 77.4 cm³/mol. The van der Waals surface area contributed by atoms with Gasteiger partial charge in [0, 0.05) is 25.3 Å². The molecule has 0 saturated heterocycles. The third-order valence-corrected chi connectivity index (χ3v) is 4.27. The molecule has 1 aromatic rings. The smallest absolute Gasteiger partial charge is 0.250 e. The van der Waals surface area contributed by atoms with Gasteiger partial charge in [0.1, 0.15) is 6.61 Å². The van der Waals surface area contributed by atoms with Crippen LogP contribution >= 0.6 is 0 Å². The van der Waals surface area contributed by atoms with Crippen LogP contribution in [-0.2, 0) is 22.7 Å². The van der Waals surface area contributed by atoms with Gasteiger partial charge < -0.3 is 14.2 Å². The lowest BCUT2D eigenvalue weighted by Gasteiger charge is -2.34. The second-order valence-electron chi connectivity index (χ2n) is 5.56. The molecule has 0 fully saturated rings. The summed E-state index contributed by atoms with van der Waals surface area (Å²) in [6.07, 6.45) is 5.11. The summed E-state index contributed by atoms with van der Waals surface area (Å²) >= 11 is 0. The van der Waals surface area contributed by atoms with E-state index in [2.05, 4.69) is 20.8 Å². The molecule has 1 aromatic heterocycles. The van der Waals surface area contributed by atoms with Crippen molar-refractivity contribution in [3.05, 3.63) is 23.3 Å². The van der Waals surface area contributed by atoms with Crippen LogP contribution in [0.1, 0.15) is 50.8 Å². The first-order valence-corrected chi connectivity index (χ1v) is 7.72. The molecule has 1 unspecified atom stereocenters. The van der Waals surface area contributed by atoms with Crippen molar-refractivity contribution < 1.29 is 9.53 Å². The van der Waals surface area contributed by atoms with Gasteiger partial charge in [-0.05, 0) is 33.1 Å². The Balaban J connectivity index is 1.77. The molecule has 0 N–H and O–H groups in total. The van der Waals surface area contributed by atoms with Crippen LogP contribution in [0.5, 0.6) is 0 Å². The molecule has 0 saturated carbocycles. The number of hydrogen-bond acceptors (Lipinski definition) is 4. The van der Waals surface area contributed by atoms with Crippen molar-refractivity contribution in [3.8, 4) is 0 Å². The van der Waals surface area contributed by atoms with Crippen LogP contribution in [0.3, 0.4) is 0 Å². The number of amides is 1. The third-order valence-electron chi connectivity index (χ3n) is 4.27. The Hall–Kier alpha value is -1.69. The lowest BCUT2D eigenvalue weighted by Crippen LogP contribution is -2.42. The second-order valence-corrected chi connectivity index (χ2v) is 5.56. The average molecular weight is 290 g/mol. The zero-order chi connectivity index (χ0) is 14.8. The first kappa shape index (κ1) is 14.3. The summed E-state index contributed by atoms with van der Waals surface area (Å²) in [5.74, 6) is 1.88.